The summed E-state index contributed by atoms with van der Waals surface area (Å²) in [5.41, 5.74) is 1.73. The van der Waals surface area contributed by atoms with Crippen LogP contribution < -0.4 is 21.9 Å². The molecule has 0 radical (unpaired) electrons. The summed E-state index contributed by atoms with van der Waals surface area (Å²) >= 11 is 0. The maximum Gasteiger partial charge on any atom is 0.332 e. The van der Waals surface area contributed by atoms with Gasteiger partial charge in [-0.1, -0.05) is 60.7 Å². The lowest BCUT2D eigenvalue weighted by Crippen LogP contribution is -2.37. The number of carbonyl (C=O) groups excluding carboxylic acids is 1. The molecule has 4 rings (SSSR count). The van der Waals surface area contributed by atoms with Crippen molar-refractivity contribution in [2.45, 2.75) is 6.54 Å². The van der Waals surface area contributed by atoms with E-state index in [0.29, 0.717) is 36.7 Å². The Balaban J connectivity index is 1.53. The molecule has 2 aromatic heterocycles. The van der Waals surface area contributed by atoms with E-state index in [0.717, 1.165) is 15.7 Å². The molecule has 9 nitrogen and oxygen atoms in total. The van der Waals surface area contributed by atoms with Gasteiger partial charge in [0.05, 0.1) is 6.54 Å². The predicted octanol–water partition coefficient (Wildman–Crippen LogP) is 1.72. The van der Waals surface area contributed by atoms with Crippen molar-refractivity contribution in [2.75, 3.05) is 18.4 Å². The molecule has 0 spiro atoms. The first kappa shape index (κ1) is 22.8. The molecule has 0 aliphatic rings. The first-order valence-corrected chi connectivity index (χ1v) is 10.9. The molecule has 0 bridgehead atoms. The lowest BCUT2D eigenvalue weighted by molar-refractivity contribution is -0.116. The third-order valence-electron chi connectivity index (χ3n) is 5.47. The highest BCUT2D eigenvalue weighted by Gasteiger charge is 2.19. The Morgan fingerprint density at radius 1 is 0.941 bits per heavy atom. The predicted molar refractivity (Wildman–Crippen MR) is 133 cm³/mol. The number of aromatic nitrogens is 4. The Kier molecular flexibility index (Phi) is 6.72. The first-order chi connectivity index (χ1) is 16.5. The smallest absolute Gasteiger partial charge is 0.332 e. The standard InChI is InChI=1S/C25H26N6O3/c1-29-22-21(23(33)30(2)25(29)34)31(17-19-11-7-4-8-12-19)24(28-22)27-16-15-26-20(32)14-13-18-9-5-3-6-10-18/h3-14H,15-17H2,1-2H3,(H,26,32)(H,27,28). The van der Waals surface area contributed by atoms with Gasteiger partial charge in [0.25, 0.3) is 5.56 Å². The number of imidazole rings is 1. The van der Waals surface area contributed by atoms with Crippen LogP contribution in [0.15, 0.2) is 76.3 Å². The van der Waals surface area contributed by atoms with Crippen LogP contribution in [0.3, 0.4) is 0 Å². The average Bonchev–Trinajstić information content (AvgIpc) is 3.22. The molecule has 0 unspecified atom stereocenters. The summed E-state index contributed by atoms with van der Waals surface area (Å²) < 4.78 is 4.21. The number of rotatable bonds is 8. The molecule has 0 aliphatic heterocycles. The Morgan fingerprint density at radius 3 is 2.32 bits per heavy atom. The molecule has 0 atom stereocenters. The molecule has 174 valence electrons. The highest BCUT2D eigenvalue weighted by molar-refractivity contribution is 5.91. The van der Waals surface area contributed by atoms with Crippen molar-refractivity contribution in [2.24, 2.45) is 14.1 Å². The fraction of sp³-hybridized carbons (Fsp3) is 0.200. The molecular weight excluding hydrogens is 432 g/mol. The molecule has 0 aliphatic carbocycles. The van der Waals surface area contributed by atoms with Crippen LogP contribution in [0.5, 0.6) is 0 Å². The van der Waals surface area contributed by atoms with Crippen molar-refractivity contribution < 1.29 is 4.79 Å². The van der Waals surface area contributed by atoms with E-state index < -0.39 is 11.2 Å². The summed E-state index contributed by atoms with van der Waals surface area (Å²) in [6.07, 6.45) is 3.23. The van der Waals surface area contributed by atoms with E-state index in [4.69, 9.17) is 0 Å². The van der Waals surface area contributed by atoms with Gasteiger partial charge in [-0.25, -0.2) is 4.79 Å². The van der Waals surface area contributed by atoms with Crippen LogP contribution in [0.25, 0.3) is 17.2 Å². The van der Waals surface area contributed by atoms with Gasteiger partial charge in [-0.15, -0.1) is 0 Å². The van der Waals surface area contributed by atoms with Crippen LogP contribution in [0.4, 0.5) is 5.95 Å². The Hall–Kier alpha value is -4.40. The van der Waals surface area contributed by atoms with E-state index in [9.17, 15) is 14.4 Å². The van der Waals surface area contributed by atoms with Gasteiger partial charge in [0, 0.05) is 33.3 Å². The van der Waals surface area contributed by atoms with E-state index in [1.165, 1.54) is 17.7 Å². The number of aryl methyl sites for hydroxylation is 1. The minimum absolute atomic E-state index is 0.209. The number of benzene rings is 2. The maximum absolute atomic E-state index is 12.9. The number of nitrogens with zero attached hydrogens (tertiary/aromatic N) is 4. The summed E-state index contributed by atoms with van der Waals surface area (Å²) in [4.78, 5) is 42.0. The monoisotopic (exact) mass is 458 g/mol. The summed E-state index contributed by atoms with van der Waals surface area (Å²) in [7, 11) is 3.04. The van der Waals surface area contributed by atoms with E-state index in [1.54, 1.807) is 17.7 Å². The van der Waals surface area contributed by atoms with Gasteiger partial charge < -0.3 is 10.6 Å². The number of anilines is 1. The topological polar surface area (TPSA) is 103 Å². The number of hydrogen-bond acceptors (Lipinski definition) is 5. The molecule has 2 N–H and O–H groups in total. The molecule has 34 heavy (non-hydrogen) atoms. The first-order valence-electron chi connectivity index (χ1n) is 10.9. The van der Waals surface area contributed by atoms with Crippen molar-refractivity contribution in [3.05, 3.63) is 98.7 Å². The van der Waals surface area contributed by atoms with Crippen LogP contribution in [-0.2, 0) is 25.4 Å². The van der Waals surface area contributed by atoms with Crippen LogP contribution >= 0.6 is 0 Å². The second-order valence-electron chi connectivity index (χ2n) is 7.85. The maximum atomic E-state index is 12.9. The summed E-state index contributed by atoms with van der Waals surface area (Å²) in [5, 5.41) is 6.02. The molecular formula is C25H26N6O3. The second kappa shape index (κ2) is 10.0. The third-order valence-corrected chi connectivity index (χ3v) is 5.47. The fourth-order valence-corrected chi connectivity index (χ4v) is 3.66. The highest BCUT2D eigenvalue weighted by atomic mass is 16.2. The molecule has 9 heteroatoms. The van der Waals surface area contributed by atoms with Gasteiger partial charge in [0.1, 0.15) is 0 Å². The van der Waals surface area contributed by atoms with E-state index in [2.05, 4.69) is 15.6 Å². The lowest BCUT2D eigenvalue weighted by atomic mass is 10.2. The Morgan fingerprint density at radius 2 is 1.62 bits per heavy atom. The van der Waals surface area contributed by atoms with Gasteiger partial charge >= 0.3 is 5.69 Å². The van der Waals surface area contributed by atoms with E-state index in [1.807, 2.05) is 60.7 Å². The Bertz CT molecular complexity index is 1450. The number of fused-ring (bicyclic) bond motifs is 1. The highest BCUT2D eigenvalue weighted by Crippen LogP contribution is 2.17. The second-order valence-corrected chi connectivity index (χ2v) is 7.85. The largest absolute Gasteiger partial charge is 0.354 e. The molecule has 2 aromatic carbocycles. The number of amides is 1. The lowest BCUT2D eigenvalue weighted by Gasteiger charge is -2.11. The molecule has 1 amide bonds. The van der Waals surface area contributed by atoms with Crippen LogP contribution in [0.1, 0.15) is 11.1 Å². The Labute approximate surface area is 196 Å². The van der Waals surface area contributed by atoms with Crippen LogP contribution in [-0.4, -0.2) is 37.7 Å². The summed E-state index contributed by atoms with van der Waals surface area (Å²) in [5.74, 6) is 0.242. The van der Waals surface area contributed by atoms with Gasteiger partial charge in [0.15, 0.2) is 11.2 Å². The normalized spacial score (nSPS) is 11.2. The quantitative estimate of drug-likeness (QED) is 0.309. The number of nitrogens with one attached hydrogen (secondary N) is 2. The van der Waals surface area contributed by atoms with Gasteiger partial charge in [-0.3, -0.25) is 23.3 Å². The van der Waals surface area contributed by atoms with Crippen molar-refractivity contribution in [3.8, 4) is 0 Å². The van der Waals surface area contributed by atoms with Crippen molar-refractivity contribution >= 4 is 29.1 Å². The fourth-order valence-electron chi connectivity index (χ4n) is 3.66. The van der Waals surface area contributed by atoms with Crippen molar-refractivity contribution in [3.63, 3.8) is 0 Å². The molecule has 0 saturated carbocycles. The van der Waals surface area contributed by atoms with Crippen LogP contribution in [0, 0.1) is 0 Å². The molecule has 2 heterocycles. The van der Waals surface area contributed by atoms with Crippen LogP contribution in [0.2, 0.25) is 0 Å². The van der Waals surface area contributed by atoms with E-state index >= 15 is 0 Å². The molecule has 0 fully saturated rings. The summed E-state index contributed by atoms with van der Waals surface area (Å²) in [6, 6.07) is 19.3. The third kappa shape index (κ3) is 4.83. The van der Waals surface area contributed by atoms with Crippen molar-refractivity contribution in [1.29, 1.82) is 0 Å². The van der Waals surface area contributed by atoms with Gasteiger partial charge in [-0.05, 0) is 17.2 Å². The van der Waals surface area contributed by atoms with Gasteiger partial charge in [0.2, 0.25) is 11.9 Å². The van der Waals surface area contributed by atoms with Gasteiger partial charge in [-0.2, -0.15) is 4.98 Å². The SMILES string of the molecule is Cn1c(=O)c2c(nc(NCCNC(=O)C=Cc3ccccc3)n2Cc2ccccc2)n(C)c1=O. The minimum Gasteiger partial charge on any atom is -0.354 e. The summed E-state index contributed by atoms with van der Waals surface area (Å²) in [6.45, 7) is 1.14. The minimum atomic E-state index is -0.439. The zero-order valence-electron chi connectivity index (χ0n) is 19.1. The van der Waals surface area contributed by atoms with E-state index in [-0.39, 0.29) is 5.91 Å². The number of carbonyl (C=O) groups is 1. The zero-order chi connectivity index (χ0) is 24.1. The number of hydrogen-bond donors (Lipinski definition) is 2. The average molecular weight is 459 g/mol. The molecule has 4 aromatic rings. The van der Waals surface area contributed by atoms with Crippen molar-refractivity contribution in [1.82, 2.24) is 24.0 Å². The zero-order valence-corrected chi connectivity index (χ0v) is 19.1. The molecule has 0 saturated heterocycles.